The van der Waals surface area contributed by atoms with Gasteiger partial charge in [0.1, 0.15) is 0 Å². The third-order valence-corrected chi connectivity index (χ3v) is 4.68. The van der Waals surface area contributed by atoms with Crippen molar-refractivity contribution < 1.29 is 4.79 Å². The van der Waals surface area contributed by atoms with Crippen LogP contribution in [0.15, 0.2) is 34.5 Å². The summed E-state index contributed by atoms with van der Waals surface area (Å²) in [4.78, 5) is 14.2. The maximum Gasteiger partial charge on any atom is 0.206 e. The number of anilines is 1. The Morgan fingerprint density at radius 1 is 1.25 bits per heavy atom. The van der Waals surface area contributed by atoms with E-state index in [1.807, 2.05) is 23.6 Å². The van der Waals surface area contributed by atoms with Crippen LogP contribution in [0.2, 0.25) is 0 Å². The van der Waals surface area contributed by atoms with Crippen LogP contribution in [0.3, 0.4) is 0 Å². The number of thiophene rings is 1. The van der Waals surface area contributed by atoms with E-state index in [1.54, 1.807) is 17.8 Å². The van der Waals surface area contributed by atoms with Gasteiger partial charge in [0.05, 0.1) is 10.4 Å². The summed E-state index contributed by atoms with van der Waals surface area (Å²) in [6.45, 7) is 0. The van der Waals surface area contributed by atoms with Gasteiger partial charge < -0.3 is 5.73 Å². The number of rotatable bonds is 0. The Labute approximate surface area is 101 Å². The summed E-state index contributed by atoms with van der Waals surface area (Å²) in [5, 5.41) is 1.97. The second-order valence-corrected chi connectivity index (χ2v) is 5.55. The third kappa shape index (κ3) is 1.37. The molecule has 2 heterocycles. The van der Waals surface area contributed by atoms with Crippen molar-refractivity contribution in [3.05, 3.63) is 45.6 Å². The molecule has 2 nitrogen and oxygen atoms in total. The average molecular weight is 247 g/mol. The van der Waals surface area contributed by atoms with E-state index in [9.17, 15) is 4.79 Å². The van der Waals surface area contributed by atoms with E-state index in [0.29, 0.717) is 11.3 Å². The number of hydrogen-bond acceptors (Lipinski definition) is 4. The van der Waals surface area contributed by atoms with E-state index in [1.165, 1.54) is 11.3 Å². The normalized spacial score (nSPS) is 14.1. The summed E-state index contributed by atoms with van der Waals surface area (Å²) < 4.78 is 0. The fourth-order valence-corrected chi connectivity index (χ4v) is 3.87. The summed E-state index contributed by atoms with van der Waals surface area (Å²) in [6, 6.07) is 7.67. The highest BCUT2D eigenvalue weighted by Gasteiger charge is 2.24. The van der Waals surface area contributed by atoms with Gasteiger partial charge in [-0.05, 0) is 29.1 Å². The molecule has 0 saturated heterocycles. The van der Waals surface area contributed by atoms with Crippen LogP contribution in [-0.4, -0.2) is 5.78 Å². The van der Waals surface area contributed by atoms with Gasteiger partial charge in [0.25, 0.3) is 0 Å². The van der Waals surface area contributed by atoms with E-state index >= 15 is 0 Å². The number of benzene rings is 1. The molecule has 1 aromatic heterocycles. The number of nitrogen functional groups attached to an aromatic ring is 1. The molecule has 0 atom stereocenters. The van der Waals surface area contributed by atoms with E-state index in [2.05, 4.69) is 0 Å². The Bertz CT molecular complexity index is 574. The topological polar surface area (TPSA) is 43.1 Å². The number of nitrogens with two attached hydrogens (primary N) is 1. The summed E-state index contributed by atoms with van der Waals surface area (Å²) in [6.07, 6.45) is 0. The largest absolute Gasteiger partial charge is 0.398 e. The predicted octanol–water partition coefficient (Wildman–Crippen LogP) is 3.17. The first-order chi connectivity index (χ1) is 7.77. The van der Waals surface area contributed by atoms with Gasteiger partial charge in [0.15, 0.2) is 0 Å². The van der Waals surface area contributed by atoms with Crippen molar-refractivity contribution in [3.63, 3.8) is 0 Å². The van der Waals surface area contributed by atoms with Crippen molar-refractivity contribution in [3.8, 4) is 0 Å². The fraction of sp³-hybridized carbons (Fsp3) is 0.0833. The lowest BCUT2D eigenvalue weighted by Crippen LogP contribution is -2.04. The van der Waals surface area contributed by atoms with Crippen LogP contribution in [0, 0.1) is 0 Å². The smallest absolute Gasteiger partial charge is 0.206 e. The number of ketones is 1. The zero-order chi connectivity index (χ0) is 11.1. The van der Waals surface area contributed by atoms with Crippen molar-refractivity contribution in [2.75, 3.05) is 5.73 Å². The van der Waals surface area contributed by atoms with Crippen molar-refractivity contribution in [2.24, 2.45) is 0 Å². The summed E-state index contributed by atoms with van der Waals surface area (Å²) in [7, 11) is 0. The van der Waals surface area contributed by atoms with Gasteiger partial charge in [-0.25, -0.2) is 0 Å². The lowest BCUT2D eigenvalue weighted by Gasteiger charge is -2.06. The molecule has 0 fully saturated rings. The molecule has 2 N–H and O–H groups in total. The number of thioether (sulfide) groups is 1. The molecule has 0 amide bonds. The highest BCUT2D eigenvalue weighted by molar-refractivity contribution is 7.98. The first-order valence-corrected chi connectivity index (χ1v) is 6.76. The number of hydrogen-bond donors (Lipinski definition) is 1. The Morgan fingerprint density at radius 2 is 2.12 bits per heavy atom. The molecule has 1 aromatic carbocycles. The summed E-state index contributed by atoms with van der Waals surface area (Å²) >= 11 is 3.18. The van der Waals surface area contributed by atoms with Gasteiger partial charge in [-0.2, -0.15) is 0 Å². The van der Waals surface area contributed by atoms with Gasteiger partial charge in [-0.3, -0.25) is 4.79 Å². The average Bonchev–Trinajstić information content (AvgIpc) is 2.69. The minimum atomic E-state index is 0.0723. The van der Waals surface area contributed by atoms with Crippen LogP contribution in [0.25, 0.3) is 0 Å². The maximum atomic E-state index is 12.3. The molecule has 1 aliphatic rings. The van der Waals surface area contributed by atoms with Crippen molar-refractivity contribution >= 4 is 34.6 Å². The Kier molecular flexibility index (Phi) is 2.26. The van der Waals surface area contributed by atoms with Crippen LogP contribution in [0.1, 0.15) is 20.8 Å². The maximum absolute atomic E-state index is 12.3. The number of carbonyl (C=O) groups excluding carboxylic acids is 1. The standard InChI is InChI=1S/C12H9NOS2/c13-8-2-1-3-9-10(8)11(14)12-7(6-16-9)4-5-15-12/h1-5H,6,13H2. The second-order valence-electron chi connectivity index (χ2n) is 3.61. The van der Waals surface area contributed by atoms with Crippen LogP contribution in [0.4, 0.5) is 5.69 Å². The van der Waals surface area contributed by atoms with Gasteiger partial charge in [-0.1, -0.05) is 6.07 Å². The molecule has 80 valence electrons. The molecular formula is C12H9NOS2. The summed E-state index contributed by atoms with van der Waals surface area (Å²) in [5.74, 6) is 0.921. The zero-order valence-corrected chi connectivity index (χ0v) is 10.0. The highest BCUT2D eigenvalue weighted by Crippen LogP contribution is 2.37. The Morgan fingerprint density at radius 3 is 3.00 bits per heavy atom. The highest BCUT2D eigenvalue weighted by atomic mass is 32.2. The van der Waals surface area contributed by atoms with E-state index in [-0.39, 0.29) is 5.78 Å². The molecule has 0 spiro atoms. The van der Waals surface area contributed by atoms with Gasteiger partial charge in [0, 0.05) is 16.3 Å². The van der Waals surface area contributed by atoms with Crippen LogP contribution in [0.5, 0.6) is 0 Å². The molecule has 2 aromatic rings. The lowest BCUT2D eigenvalue weighted by molar-refractivity contribution is 0.104. The fourth-order valence-electron chi connectivity index (χ4n) is 1.83. The van der Waals surface area contributed by atoms with E-state index in [4.69, 9.17) is 5.73 Å². The van der Waals surface area contributed by atoms with Gasteiger partial charge >= 0.3 is 0 Å². The molecule has 16 heavy (non-hydrogen) atoms. The molecule has 0 radical (unpaired) electrons. The zero-order valence-electron chi connectivity index (χ0n) is 8.40. The number of fused-ring (bicyclic) bond motifs is 2. The molecule has 1 aliphatic heterocycles. The third-order valence-electron chi connectivity index (χ3n) is 2.62. The summed E-state index contributed by atoms with van der Waals surface area (Å²) in [5.41, 5.74) is 8.27. The Balaban J connectivity index is 2.26. The second kappa shape index (κ2) is 3.64. The monoisotopic (exact) mass is 247 g/mol. The quantitative estimate of drug-likeness (QED) is 0.727. The van der Waals surface area contributed by atoms with E-state index in [0.717, 1.165) is 21.1 Å². The predicted molar refractivity (Wildman–Crippen MR) is 68.2 cm³/mol. The molecule has 3 rings (SSSR count). The molecule has 0 bridgehead atoms. The minimum absolute atomic E-state index is 0.0723. The molecule has 0 aliphatic carbocycles. The minimum Gasteiger partial charge on any atom is -0.398 e. The van der Waals surface area contributed by atoms with Crippen LogP contribution >= 0.6 is 23.1 Å². The molecule has 0 saturated carbocycles. The van der Waals surface area contributed by atoms with Crippen LogP contribution in [-0.2, 0) is 5.75 Å². The SMILES string of the molecule is Nc1cccc2c1C(=O)c1sccc1CS2. The number of carbonyl (C=O) groups is 1. The van der Waals surface area contributed by atoms with Crippen molar-refractivity contribution in [1.82, 2.24) is 0 Å². The molecule has 0 unspecified atom stereocenters. The Hall–Kier alpha value is -1.26. The van der Waals surface area contributed by atoms with Gasteiger partial charge in [0.2, 0.25) is 5.78 Å². The molecular weight excluding hydrogens is 238 g/mol. The lowest BCUT2D eigenvalue weighted by atomic mass is 10.1. The van der Waals surface area contributed by atoms with Crippen molar-refractivity contribution in [1.29, 1.82) is 0 Å². The van der Waals surface area contributed by atoms with Crippen molar-refractivity contribution in [2.45, 2.75) is 10.6 Å². The van der Waals surface area contributed by atoms with Gasteiger partial charge in [-0.15, -0.1) is 23.1 Å². The first-order valence-electron chi connectivity index (χ1n) is 4.90. The van der Waals surface area contributed by atoms with Crippen LogP contribution < -0.4 is 5.73 Å². The first kappa shape index (κ1) is 9.93. The molecule has 4 heteroatoms. The van der Waals surface area contributed by atoms with E-state index < -0.39 is 0 Å².